The Hall–Kier alpha value is -2.39. The van der Waals surface area contributed by atoms with E-state index in [1.54, 1.807) is 0 Å². The lowest BCUT2D eigenvalue weighted by Crippen LogP contribution is -2.71. The van der Waals surface area contributed by atoms with Gasteiger partial charge in [-0.15, -0.1) is 0 Å². The molecule has 4 aliphatic heterocycles. The Kier molecular flexibility index (Phi) is 16.4. The van der Waals surface area contributed by atoms with E-state index in [1.807, 2.05) is 0 Å². The fraction of sp³-hybridized carbons (Fsp3) is 0.903. The summed E-state index contributed by atoms with van der Waals surface area (Å²) in [5.74, 6) is -7.17. The van der Waals surface area contributed by atoms with Crippen molar-refractivity contribution in [2.45, 2.75) is 149 Å². The Morgan fingerprint density at radius 1 is 0.754 bits per heavy atom. The molecule has 2 amide bonds. The van der Waals surface area contributed by atoms with Crippen LogP contribution in [0.5, 0.6) is 0 Å². The smallest absolute Gasteiger partial charge is 0.364 e. The lowest BCUT2D eigenvalue weighted by molar-refractivity contribution is -0.390. The highest BCUT2D eigenvalue weighted by Crippen LogP contribution is 2.39. The number of rotatable bonds is 15. The van der Waals surface area contributed by atoms with Gasteiger partial charge in [-0.1, -0.05) is 0 Å². The van der Waals surface area contributed by atoms with Crippen LogP contribution in [-0.4, -0.2) is 244 Å². The highest BCUT2D eigenvalue weighted by Gasteiger charge is 2.60. The third-order valence-electron chi connectivity index (χ3n) is 10.0. The molecular formula is C31H52N2O24. The summed E-state index contributed by atoms with van der Waals surface area (Å²) in [6, 6.07) is -3.39. The van der Waals surface area contributed by atoms with Gasteiger partial charge < -0.3 is 115 Å². The molecule has 0 unspecified atom stereocenters. The van der Waals surface area contributed by atoms with Gasteiger partial charge in [0.1, 0.15) is 92.0 Å². The summed E-state index contributed by atoms with van der Waals surface area (Å²) in [5, 5.41) is 151. The van der Waals surface area contributed by atoms with E-state index in [2.05, 4.69) is 10.6 Å². The standard InChI is InChI=1S/C31H52N2O24/c1-8-17(42)20(45)21(46)28(51-8)55-25-16(32-9(2)38)27(48)52-13(6-36)23(25)54-29-22(47)26(19(44)12(5-35)53-29)57-31(30(49)50)3-10(39)15(33-14(41)7-37)24(56-31)18(43)11(40)4-34/h8,10-13,15-29,34-37,39-40,42-48H,3-7H2,1-2H3,(H,32,38)(H,33,41)(H,49,50)/t8-,10-,11+,12+,13+,15+,16+,17+,18+,19-,20+,21-,22+,23+,24+,25+,26-,27-,28-,29-,31-/m0/s1. The number of aliphatic hydroxyl groups excluding tert-OH is 13. The van der Waals surface area contributed by atoms with Crippen molar-refractivity contribution >= 4 is 17.8 Å². The third kappa shape index (κ3) is 10.2. The van der Waals surface area contributed by atoms with Crippen LogP contribution in [-0.2, 0) is 47.5 Å². The van der Waals surface area contributed by atoms with Crippen molar-refractivity contribution in [2.75, 3.05) is 26.4 Å². The fourth-order valence-corrected chi connectivity index (χ4v) is 6.99. The highest BCUT2D eigenvalue weighted by atomic mass is 16.8. The maximum absolute atomic E-state index is 12.9. The minimum Gasteiger partial charge on any atom is -0.477 e. The van der Waals surface area contributed by atoms with Gasteiger partial charge in [0.05, 0.1) is 38.1 Å². The van der Waals surface area contributed by atoms with Gasteiger partial charge in [-0.3, -0.25) is 9.59 Å². The van der Waals surface area contributed by atoms with E-state index in [1.165, 1.54) is 6.92 Å². The van der Waals surface area contributed by atoms with Crippen molar-refractivity contribution in [1.82, 2.24) is 10.6 Å². The number of nitrogens with one attached hydrogen (secondary N) is 2. The summed E-state index contributed by atoms with van der Waals surface area (Å²) in [5.41, 5.74) is 0. The maximum Gasteiger partial charge on any atom is 0.364 e. The van der Waals surface area contributed by atoms with Gasteiger partial charge in [-0.2, -0.15) is 0 Å². The van der Waals surface area contributed by atoms with E-state index < -0.39 is 179 Å². The van der Waals surface area contributed by atoms with Gasteiger partial charge in [0.25, 0.3) is 5.79 Å². The Morgan fingerprint density at radius 2 is 1.37 bits per heavy atom. The van der Waals surface area contributed by atoms with Gasteiger partial charge >= 0.3 is 5.97 Å². The summed E-state index contributed by atoms with van der Waals surface area (Å²) >= 11 is 0. The van der Waals surface area contributed by atoms with Gasteiger partial charge in [0.15, 0.2) is 18.9 Å². The molecule has 0 radical (unpaired) electrons. The molecule has 0 aliphatic carbocycles. The summed E-state index contributed by atoms with van der Waals surface area (Å²) < 4.78 is 39.6. The first kappa shape index (κ1) is 47.3. The first-order chi connectivity index (χ1) is 26.7. The van der Waals surface area contributed by atoms with Gasteiger partial charge in [0, 0.05) is 13.3 Å². The Morgan fingerprint density at radius 3 is 1.93 bits per heavy atom. The first-order valence-corrected chi connectivity index (χ1v) is 17.7. The molecule has 4 saturated heterocycles. The van der Waals surface area contributed by atoms with Crippen molar-refractivity contribution in [2.24, 2.45) is 0 Å². The van der Waals surface area contributed by atoms with Gasteiger partial charge in [0.2, 0.25) is 11.8 Å². The van der Waals surface area contributed by atoms with Crippen LogP contribution in [0.25, 0.3) is 0 Å². The second kappa shape index (κ2) is 19.8. The third-order valence-corrected chi connectivity index (χ3v) is 10.0. The zero-order chi connectivity index (χ0) is 42.7. The van der Waals surface area contributed by atoms with Crippen LogP contribution in [0.15, 0.2) is 0 Å². The highest BCUT2D eigenvalue weighted by molar-refractivity contribution is 5.78. The van der Waals surface area contributed by atoms with Crippen molar-refractivity contribution < 1.29 is 119 Å². The Bertz CT molecular complexity index is 1350. The predicted octanol–water partition coefficient (Wildman–Crippen LogP) is -10.3. The molecule has 4 heterocycles. The van der Waals surface area contributed by atoms with Crippen molar-refractivity contribution in [3.05, 3.63) is 0 Å². The maximum atomic E-state index is 12.9. The topological polar surface area (TPSA) is 423 Å². The quantitative estimate of drug-likeness (QED) is 0.0728. The largest absolute Gasteiger partial charge is 0.477 e. The number of hydrogen-bond acceptors (Lipinski definition) is 23. The molecule has 4 aliphatic rings. The second-order valence-corrected chi connectivity index (χ2v) is 14.0. The summed E-state index contributed by atoms with van der Waals surface area (Å²) in [6.45, 7) is -1.98. The summed E-state index contributed by atoms with van der Waals surface area (Å²) in [7, 11) is 0. The molecule has 0 spiro atoms. The van der Waals surface area contributed by atoms with Gasteiger partial charge in [-0.25, -0.2) is 4.79 Å². The Balaban J connectivity index is 1.71. The minimum absolute atomic E-state index is 0.779. The molecule has 0 bridgehead atoms. The number of carbonyl (C=O) groups excluding carboxylic acids is 2. The van der Waals surface area contributed by atoms with E-state index in [9.17, 15) is 85.9 Å². The number of carbonyl (C=O) groups is 3. The first-order valence-electron chi connectivity index (χ1n) is 17.7. The lowest BCUT2D eigenvalue weighted by atomic mass is 9.88. The molecular weight excluding hydrogens is 784 g/mol. The normalized spacial score (nSPS) is 45.1. The van der Waals surface area contributed by atoms with Gasteiger partial charge in [-0.05, 0) is 6.92 Å². The van der Waals surface area contributed by atoms with Crippen LogP contribution in [0.3, 0.4) is 0 Å². The number of aliphatic carboxylic acids is 1. The molecule has 4 fully saturated rings. The number of aliphatic hydroxyl groups is 13. The molecule has 0 aromatic rings. The second-order valence-electron chi connectivity index (χ2n) is 14.0. The molecule has 0 aromatic heterocycles. The predicted molar refractivity (Wildman–Crippen MR) is 174 cm³/mol. The van der Waals surface area contributed by atoms with Crippen LogP contribution in [0.1, 0.15) is 20.3 Å². The van der Waals surface area contributed by atoms with E-state index in [0.717, 1.165) is 6.92 Å². The zero-order valence-corrected chi connectivity index (χ0v) is 30.4. The molecule has 26 heteroatoms. The van der Waals surface area contributed by atoms with Crippen molar-refractivity contribution in [3.63, 3.8) is 0 Å². The van der Waals surface area contributed by atoms with Crippen LogP contribution in [0, 0.1) is 0 Å². The van der Waals surface area contributed by atoms with Crippen LogP contribution >= 0.6 is 0 Å². The number of amides is 2. The molecule has 26 nitrogen and oxygen atoms in total. The van der Waals surface area contributed by atoms with Crippen LogP contribution < -0.4 is 10.6 Å². The number of hydrogen-bond donors (Lipinski definition) is 16. The van der Waals surface area contributed by atoms with Crippen LogP contribution in [0.4, 0.5) is 0 Å². The number of carboxylic acid groups (broad SMARTS) is 1. The SMILES string of the molecule is CC(=O)N[C@@H]1[C@@H](O[C@@H]2O[C@@H](C)[C@@H](O)[C@@H](O)[C@@H]2O)[C@H](O[C@@H]2O[C@H](CO)[C@H](O)[C@H](O[C@]3(C(=O)O)C[C@H](O)[C@@H](NC(=O)CO)[C@H]([C@H](O)[C@H](O)CO)O3)[C@H]2O)[C@@H](CO)O[C@@H]1O. The summed E-state index contributed by atoms with van der Waals surface area (Å²) in [4.78, 5) is 37.1. The van der Waals surface area contributed by atoms with E-state index in [0.29, 0.717) is 0 Å². The lowest BCUT2D eigenvalue weighted by Gasteiger charge is -2.51. The molecule has 4 rings (SSSR count). The van der Waals surface area contributed by atoms with Crippen LogP contribution in [0.2, 0.25) is 0 Å². The van der Waals surface area contributed by atoms with E-state index >= 15 is 0 Å². The molecule has 57 heavy (non-hydrogen) atoms. The van der Waals surface area contributed by atoms with E-state index in [4.69, 9.17) is 33.2 Å². The van der Waals surface area contributed by atoms with E-state index in [-0.39, 0.29) is 0 Å². The molecule has 16 N–H and O–H groups in total. The Labute approximate surface area is 322 Å². The average molecular weight is 837 g/mol. The molecule has 0 saturated carbocycles. The van der Waals surface area contributed by atoms with Crippen molar-refractivity contribution in [3.8, 4) is 0 Å². The van der Waals surface area contributed by atoms with Crippen molar-refractivity contribution in [1.29, 1.82) is 0 Å². The fourth-order valence-electron chi connectivity index (χ4n) is 6.99. The minimum atomic E-state index is -3.18. The molecule has 21 atom stereocenters. The number of ether oxygens (including phenoxy) is 7. The average Bonchev–Trinajstić information content (AvgIpc) is 3.17. The summed E-state index contributed by atoms with van der Waals surface area (Å²) in [6.07, 6.45) is -35.9. The number of carboxylic acids is 1. The molecule has 0 aromatic carbocycles. The molecule has 330 valence electrons. The monoisotopic (exact) mass is 836 g/mol. The zero-order valence-electron chi connectivity index (χ0n) is 30.4.